The predicted molar refractivity (Wildman–Crippen MR) is 78.6 cm³/mol. The summed E-state index contributed by atoms with van der Waals surface area (Å²) in [4.78, 5) is 17.2. The van der Waals surface area contributed by atoms with Crippen molar-refractivity contribution in [3.8, 4) is 0 Å². The second kappa shape index (κ2) is 6.42. The van der Waals surface area contributed by atoms with Gasteiger partial charge in [0.05, 0.1) is 0 Å². The number of halogens is 1. The molecule has 3 aliphatic rings. The summed E-state index contributed by atoms with van der Waals surface area (Å²) in [5.41, 5.74) is 0. The van der Waals surface area contributed by atoms with Crippen LogP contribution in [0.15, 0.2) is 0 Å². The van der Waals surface area contributed by atoms with E-state index in [2.05, 4.69) is 22.2 Å². The quantitative estimate of drug-likeness (QED) is 0.785. The van der Waals surface area contributed by atoms with Crippen LogP contribution in [0.2, 0.25) is 0 Å². The number of nitrogens with one attached hydrogen (secondary N) is 1. The predicted octanol–water partition coefficient (Wildman–Crippen LogP) is 1.10. The standard InChI is InChI=1S/C14H25N3O.ClH/c1-16-12-2-3-13(16)10-17(9-6-12)14(18)11-4-7-15-8-5-11;/h11-13,15H,2-10H2,1H3;1H. The number of likely N-dealkylation sites (tertiary alicyclic amines) is 1. The monoisotopic (exact) mass is 287 g/mol. The topological polar surface area (TPSA) is 35.6 Å². The highest BCUT2D eigenvalue weighted by atomic mass is 35.5. The molecule has 0 aromatic carbocycles. The van der Waals surface area contributed by atoms with E-state index in [0.29, 0.717) is 11.9 Å². The number of nitrogens with zero attached hydrogens (tertiary/aromatic N) is 2. The van der Waals surface area contributed by atoms with Crippen molar-refractivity contribution in [3.63, 3.8) is 0 Å². The van der Waals surface area contributed by atoms with Crippen LogP contribution in [0.25, 0.3) is 0 Å². The molecule has 2 atom stereocenters. The lowest BCUT2D eigenvalue weighted by molar-refractivity contribution is -0.136. The first-order chi connectivity index (χ1) is 8.75. The molecule has 0 aromatic heterocycles. The fraction of sp³-hybridized carbons (Fsp3) is 0.929. The second-order valence-electron chi connectivity index (χ2n) is 6.15. The van der Waals surface area contributed by atoms with Gasteiger partial charge in [0.25, 0.3) is 0 Å². The zero-order chi connectivity index (χ0) is 12.5. The average molecular weight is 288 g/mol. The van der Waals surface area contributed by atoms with Crippen molar-refractivity contribution < 1.29 is 4.79 Å². The van der Waals surface area contributed by atoms with Crippen molar-refractivity contribution in [2.75, 3.05) is 33.2 Å². The van der Waals surface area contributed by atoms with Gasteiger partial charge in [-0.05, 0) is 52.2 Å². The number of fused-ring (bicyclic) bond motifs is 2. The fourth-order valence-electron chi connectivity index (χ4n) is 3.84. The number of likely N-dealkylation sites (N-methyl/N-ethyl adjacent to an activating group) is 1. The Kier molecular flexibility index (Phi) is 5.09. The minimum absolute atomic E-state index is 0. The molecule has 110 valence electrons. The molecule has 2 bridgehead atoms. The van der Waals surface area contributed by atoms with Gasteiger partial charge in [-0.25, -0.2) is 0 Å². The Hall–Kier alpha value is -0.320. The van der Waals surface area contributed by atoms with Gasteiger partial charge in [0, 0.05) is 31.1 Å². The molecule has 0 aliphatic carbocycles. The Morgan fingerprint density at radius 1 is 1.05 bits per heavy atom. The van der Waals surface area contributed by atoms with E-state index >= 15 is 0 Å². The van der Waals surface area contributed by atoms with E-state index in [1.165, 1.54) is 19.3 Å². The number of carbonyl (C=O) groups excluding carboxylic acids is 1. The molecule has 4 nitrogen and oxygen atoms in total. The normalized spacial score (nSPS) is 32.8. The molecular formula is C14H26ClN3O. The Morgan fingerprint density at radius 2 is 1.74 bits per heavy atom. The lowest BCUT2D eigenvalue weighted by atomic mass is 9.96. The summed E-state index contributed by atoms with van der Waals surface area (Å²) in [7, 11) is 2.24. The van der Waals surface area contributed by atoms with Crippen LogP contribution in [-0.4, -0.2) is 61.0 Å². The van der Waals surface area contributed by atoms with E-state index < -0.39 is 0 Å². The van der Waals surface area contributed by atoms with Crippen molar-refractivity contribution in [1.82, 2.24) is 15.1 Å². The van der Waals surface area contributed by atoms with Crippen molar-refractivity contribution in [2.45, 2.75) is 44.2 Å². The molecule has 1 N–H and O–H groups in total. The van der Waals surface area contributed by atoms with Gasteiger partial charge >= 0.3 is 0 Å². The Morgan fingerprint density at radius 3 is 2.47 bits per heavy atom. The van der Waals surface area contributed by atoms with Crippen LogP contribution in [0.5, 0.6) is 0 Å². The molecule has 3 heterocycles. The smallest absolute Gasteiger partial charge is 0.225 e. The number of rotatable bonds is 1. The highest BCUT2D eigenvalue weighted by Gasteiger charge is 2.37. The van der Waals surface area contributed by atoms with Crippen LogP contribution >= 0.6 is 12.4 Å². The minimum Gasteiger partial charge on any atom is -0.341 e. The lowest BCUT2D eigenvalue weighted by Gasteiger charge is -2.31. The third kappa shape index (κ3) is 3.06. The van der Waals surface area contributed by atoms with Gasteiger partial charge in [-0.1, -0.05) is 0 Å². The van der Waals surface area contributed by atoms with Gasteiger partial charge in [0.1, 0.15) is 0 Å². The number of hydrogen-bond acceptors (Lipinski definition) is 3. The van der Waals surface area contributed by atoms with Crippen LogP contribution in [0, 0.1) is 5.92 Å². The summed E-state index contributed by atoms with van der Waals surface area (Å²) in [6.45, 7) is 3.97. The number of carbonyl (C=O) groups is 1. The van der Waals surface area contributed by atoms with Crippen molar-refractivity contribution >= 4 is 18.3 Å². The molecule has 19 heavy (non-hydrogen) atoms. The number of hydrogen-bond donors (Lipinski definition) is 1. The molecule has 1 amide bonds. The summed E-state index contributed by atoms with van der Waals surface area (Å²) < 4.78 is 0. The van der Waals surface area contributed by atoms with E-state index in [9.17, 15) is 4.79 Å². The zero-order valence-corrected chi connectivity index (χ0v) is 12.6. The molecule has 0 spiro atoms. The molecule has 5 heteroatoms. The van der Waals surface area contributed by atoms with Crippen LogP contribution in [0.3, 0.4) is 0 Å². The van der Waals surface area contributed by atoms with E-state index in [0.717, 1.165) is 45.1 Å². The van der Waals surface area contributed by atoms with Gasteiger partial charge in [-0.3, -0.25) is 9.69 Å². The summed E-state index contributed by atoms with van der Waals surface area (Å²) in [6, 6.07) is 1.34. The molecule has 2 unspecified atom stereocenters. The van der Waals surface area contributed by atoms with Gasteiger partial charge in [0.2, 0.25) is 5.91 Å². The molecule has 3 rings (SSSR count). The minimum atomic E-state index is 0. The Balaban J connectivity index is 0.00000133. The largest absolute Gasteiger partial charge is 0.341 e. The zero-order valence-electron chi connectivity index (χ0n) is 11.8. The van der Waals surface area contributed by atoms with E-state index in [1.54, 1.807) is 0 Å². The lowest BCUT2D eigenvalue weighted by Crippen LogP contribution is -2.44. The maximum Gasteiger partial charge on any atom is 0.225 e. The van der Waals surface area contributed by atoms with Gasteiger partial charge in [0.15, 0.2) is 0 Å². The van der Waals surface area contributed by atoms with Crippen molar-refractivity contribution in [2.24, 2.45) is 5.92 Å². The van der Waals surface area contributed by atoms with Crippen LogP contribution in [0.1, 0.15) is 32.1 Å². The first-order valence-electron chi connectivity index (χ1n) is 7.47. The van der Waals surface area contributed by atoms with E-state index in [4.69, 9.17) is 0 Å². The van der Waals surface area contributed by atoms with E-state index in [-0.39, 0.29) is 18.3 Å². The first kappa shape index (κ1) is 15.1. The van der Waals surface area contributed by atoms with Crippen LogP contribution < -0.4 is 5.32 Å². The number of amides is 1. The SMILES string of the molecule is CN1C2CCC1CN(C(=O)C1CCNCC1)CC2.Cl. The third-order valence-corrected chi connectivity index (χ3v) is 5.15. The van der Waals surface area contributed by atoms with Gasteiger partial charge in [-0.15, -0.1) is 12.4 Å². The summed E-state index contributed by atoms with van der Waals surface area (Å²) >= 11 is 0. The first-order valence-corrected chi connectivity index (χ1v) is 7.47. The molecular weight excluding hydrogens is 262 g/mol. The van der Waals surface area contributed by atoms with Crippen molar-refractivity contribution in [1.29, 1.82) is 0 Å². The number of piperidine rings is 1. The average Bonchev–Trinajstić information content (AvgIpc) is 2.64. The molecule has 3 saturated heterocycles. The maximum absolute atomic E-state index is 12.6. The molecule has 3 aliphatic heterocycles. The van der Waals surface area contributed by atoms with Gasteiger partial charge < -0.3 is 10.2 Å². The Labute approximate surface area is 122 Å². The van der Waals surface area contributed by atoms with Crippen LogP contribution in [0.4, 0.5) is 0 Å². The Bertz CT molecular complexity index is 320. The molecule has 0 saturated carbocycles. The highest BCUT2D eigenvalue weighted by Crippen LogP contribution is 2.29. The summed E-state index contributed by atoms with van der Waals surface area (Å²) in [6.07, 6.45) is 5.83. The molecule has 0 aromatic rings. The van der Waals surface area contributed by atoms with Crippen molar-refractivity contribution in [3.05, 3.63) is 0 Å². The molecule has 3 fully saturated rings. The fourth-order valence-corrected chi connectivity index (χ4v) is 3.84. The highest BCUT2D eigenvalue weighted by molar-refractivity contribution is 5.85. The maximum atomic E-state index is 12.6. The summed E-state index contributed by atoms with van der Waals surface area (Å²) in [5.74, 6) is 0.714. The second-order valence-corrected chi connectivity index (χ2v) is 6.15. The summed E-state index contributed by atoms with van der Waals surface area (Å²) in [5, 5.41) is 3.34. The van der Waals surface area contributed by atoms with Crippen LogP contribution in [-0.2, 0) is 4.79 Å². The third-order valence-electron chi connectivity index (χ3n) is 5.15. The van der Waals surface area contributed by atoms with Gasteiger partial charge in [-0.2, -0.15) is 0 Å². The molecule has 0 radical (unpaired) electrons. The van der Waals surface area contributed by atoms with E-state index in [1.807, 2.05) is 0 Å².